The number of halogens is 2. The van der Waals surface area contributed by atoms with E-state index in [0.29, 0.717) is 17.1 Å². The van der Waals surface area contributed by atoms with E-state index < -0.39 is 29.0 Å². The number of carbonyl (C=O) groups is 1. The maximum Gasteiger partial charge on any atom is 0.291 e. The van der Waals surface area contributed by atoms with E-state index in [1.54, 1.807) is 18.2 Å². The quantitative estimate of drug-likeness (QED) is 0.461. The predicted molar refractivity (Wildman–Crippen MR) is 113 cm³/mol. The van der Waals surface area contributed by atoms with E-state index in [-0.39, 0.29) is 35.6 Å². The van der Waals surface area contributed by atoms with Gasteiger partial charge in [-0.25, -0.2) is 8.78 Å². The van der Waals surface area contributed by atoms with Gasteiger partial charge in [0.1, 0.15) is 17.2 Å². The molecule has 3 aromatic carbocycles. The highest BCUT2D eigenvalue weighted by molar-refractivity contribution is 5.99. The highest BCUT2D eigenvalue weighted by atomic mass is 19.1. The Morgan fingerprint density at radius 1 is 0.879 bits per heavy atom. The van der Waals surface area contributed by atoms with Gasteiger partial charge in [-0.15, -0.1) is 0 Å². The zero-order valence-electron chi connectivity index (χ0n) is 17.0. The fourth-order valence-electron chi connectivity index (χ4n) is 4.38. The van der Waals surface area contributed by atoms with Crippen LogP contribution in [0.25, 0.3) is 11.0 Å². The second kappa shape index (κ2) is 7.16. The van der Waals surface area contributed by atoms with Gasteiger partial charge in [-0.1, -0.05) is 18.2 Å². The van der Waals surface area contributed by atoms with Gasteiger partial charge in [-0.3, -0.25) is 9.59 Å². The first-order valence-corrected chi connectivity index (χ1v) is 10.2. The van der Waals surface area contributed by atoms with Crippen molar-refractivity contribution in [3.8, 4) is 11.5 Å². The van der Waals surface area contributed by atoms with E-state index in [1.807, 2.05) is 0 Å². The molecule has 2 aliphatic rings. The first-order valence-electron chi connectivity index (χ1n) is 10.2. The summed E-state index contributed by atoms with van der Waals surface area (Å²) in [5.41, 5.74) is 1.01. The number of rotatable bonds is 3. The van der Waals surface area contributed by atoms with Crippen LogP contribution in [0.4, 0.5) is 8.78 Å². The van der Waals surface area contributed by atoms with E-state index in [0.717, 1.165) is 11.6 Å². The topological polar surface area (TPSA) is 69.0 Å². The number of carbonyl (C=O) groups excluding carboxylic acids is 1. The van der Waals surface area contributed by atoms with Crippen LogP contribution in [-0.2, 0) is 6.54 Å². The molecule has 8 heteroatoms. The average molecular weight is 447 g/mol. The molecule has 0 saturated heterocycles. The molecular weight excluding hydrogens is 432 g/mol. The summed E-state index contributed by atoms with van der Waals surface area (Å²) in [6.07, 6.45) is 0. The first-order chi connectivity index (χ1) is 16.0. The van der Waals surface area contributed by atoms with Gasteiger partial charge in [-0.2, -0.15) is 0 Å². The average Bonchev–Trinajstić information content (AvgIpc) is 3.38. The second-order valence-electron chi connectivity index (χ2n) is 7.89. The lowest BCUT2D eigenvalue weighted by molar-refractivity contribution is 0.0714. The smallest absolute Gasteiger partial charge is 0.291 e. The Morgan fingerprint density at radius 2 is 1.64 bits per heavy atom. The molecule has 2 aliphatic heterocycles. The van der Waals surface area contributed by atoms with Crippen molar-refractivity contribution in [3.05, 3.63) is 105 Å². The summed E-state index contributed by atoms with van der Waals surface area (Å²) >= 11 is 0. The number of ether oxygens (including phenoxy) is 2. The molecule has 0 aliphatic carbocycles. The van der Waals surface area contributed by atoms with Crippen molar-refractivity contribution in [2.75, 3.05) is 6.79 Å². The van der Waals surface area contributed by atoms with Crippen LogP contribution < -0.4 is 14.9 Å². The van der Waals surface area contributed by atoms with Crippen molar-refractivity contribution in [2.24, 2.45) is 0 Å². The molecule has 6 nitrogen and oxygen atoms in total. The lowest BCUT2D eigenvalue weighted by atomic mass is 9.98. The van der Waals surface area contributed by atoms with Crippen molar-refractivity contribution in [1.29, 1.82) is 0 Å². The molecule has 1 atom stereocenters. The van der Waals surface area contributed by atoms with E-state index in [9.17, 15) is 18.4 Å². The summed E-state index contributed by atoms with van der Waals surface area (Å²) in [4.78, 5) is 28.3. The molecular formula is C25H15F2NO5. The zero-order chi connectivity index (χ0) is 22.7. The summed E-state index contributed by atoms with van der Waals surface area (Å²) in [6.45, 7) is 0.249. The van der Waals surface area contributed by atoms with Crippen molar-refractivity contribution < 1.29 is 27.5 Å². The molecule has 164 valence electrons. The van der Waals surface area contributed by atoms with Crippen LogP contribution in [0.15, 0.2) is 69.9 Å². The summed E-state index contributed by atoms with van der Waals surface area (Å²) in [7, 11) is 0. The van der Waals surface area contributed by atoms with E-state index in [1.165, 1.54) is 41.3 Å². The molecule has 4 aromatic rings. The highest BCUT2D eigenvalue weighted by Gasteiger charge is 2.42. The van der Waals surface area contributed by atoms with Gasteiger partial charge in [-0.05, 0) is 53.6 Å². The molecule has 0 fully saturated rings. The van der Waals surface area contributed by atoms with Gasteiger partial charge in [0.15, 0.2) is 16.9 Å². The van der Waals surface area contributed by atoms with Crippen LogP contribution >= 0.6 is 0 Å². The highest BCUT2D eigenvalue weighted by Crippen LogP contribution is 2.40. The minimum atomic E-state index is -0.831. The Bertz CT molecular complexity index is 1500. The molecule has 33 heavy (non-hydrogen) atoms. The van der Waals surface area contributed by atoms with Crippen LogP contribution in [0, 0.1) is 11.6 Å². The minimum absolute atomic E-state index is 0.0404. The van der Waals surface area contributed by atoms with Crippen LogP contribution in [0.5, 0.6) is 11.5 Å². The summed E-state index contributed by atoms with van der Waals surface area (Å²) in [5, 5.41) is 0.0404. The normalized spacial score (nSPS) is 16.5. The monoisotopic (exact) mass is 447 g/mol. The number of fused-ring (bicyclic) bond motifs is 3. The molecule has 0 saturated carbocycles. The van der Waals surface area contributed by atoms with Gasteiger partial charge < -0.3 is 18.8 Å². The summed E-state index contributed by atoms with van der Waals surface area (Å²) in [5.74, 6) is -0.456. The molecule has 1 amide bonds. The SMILES string of the molecule is O=C1c2oc3ccc(F)cc3c(=O)c2C(c2ccc(F)cc2)N1Cc1ccc2c(c1)OCO2. The number of hydrogen-bond acceptors (Lipinski definition) is 5. The zero-order valence-corrected chi connectivity index (χ0v) is 17.0. The van der Waals surface area contributed by atoms with Crippen molar-refractivity contribution >= 4 is 16.9 Å². The number of hydrogen-bond donors (Lipinski definition) is 0. The van der Waals surface area contributed by atoms with Crippen LogP contribution in [0.1, 0.15) is 33.3 Å². The Labute approximate surface area is 185 Å². The Hall–Kier alpha value is -4.20. The fourth-order valence-corrected chi connectivity index (χ4v) is 4.38. The van der Waals surface area contributed by atoms with Gasteiger partial charge in [0.25, 0.3) is 5.91 Å². The van der Waals surface area contributed by atoms with Crippen molar-refractivity contribution in [1.82, 2.24) is 4.90 Å². The van der Waals surface area contributed by atoms with Crippen LogP contribution in [0.3, 0.4) is 0 Å². The maximum absolute atomic E-state index is 13.9. The third-order valence-corrected chi connectivity index (χ3v) is 5.90. The molecule has 6 rings (SSSR count). The summed E-state index contributed by atoms with van der Waals surface area (Å²) in [6, 6.07) is 13.6. The van der Waals surface area contributed by atoms with Gasteiger partial charge in [0.05, 0.1) is 17.0 Å². The minimum Gasteiger partial charge on any atom is -0.454 e. The van der Waals surface area contributed by atoms with Crippen LogP contribution in [0.2, 0.25) is 0 Å². The van der Waals surface area contributed by atoms with Gasteiger partial charge in [0.2, 0.25) is 12.6 Å². The number of benzene rings is 3. The van der Waals surface area contributed by atoms with Crippen LogP contribution in [-0.4, -0.2) is 17.6 Å². The van der Waals surface area contributed by atoms with E-state index in [2.05, 4.69) is 0 Å². The standard InChI is InChI=1S/C25H15F2NO5/c26-15-4-2-14(3-5-15)22-21-23(29)17-10-16(27)6-8-18(17)33-24(21)25(30)28(22)11-13-1-7-19-20(9-13)32-12-31-19/h1-10,22H,11-12H2. The lowest BCUT2D eigenvalue weighted by Crippen LogP contribution is -2.29. The maximum atomic E-state index is 13.9. The van der Waals surface area contributed by atoms with Crippen molar-refractivity contribution in [2.45, 2.75) is 12.6 Å². The fraction of sp³-hybridized carbons (Fsp3) is 0.120. The molecule has 0 spiro atoms. The number of nitrogens with zero attached hydrogens (tertiary/aromatic N) is 1. The molecule has 1 aromatic heterocycles. The van der Waals surface area contributed by atoms with Gasteiger partial charge in [0, 0.05) is 6.54 Å². The van der Waals surface area contributed by atoms with E-state index in [4.69, 9.17) is 13.9 Å². The predicted octanol–water partition coefficient (Wildman–Crippen LogP) is 4.55. The summed E-state index contributed by atoms with van der Waals surface area (Å²) < 4.78 is 44.0. The second-order valence-corrected chi connectivity index (χ2v) is 7.89. The third-order valence-electron chi connectivity index (χ3n) is 5.90. The van der Waals surface area contributed by atoms with Gasteiger partial charge >= 0.3 is 0 Å². The number of amides is 1. The molecule has 0 radical (unpaired) electrons. The van der Waals surface area contributed by atoms with E-state index >= 15 is 0 Å². The van der Waals surface area contributed by atoms with Crippen molar-refractivity contribution in [3.63, 3.8) is 0 Å². The Morgan fingerprint density at radius 3 is 2.45 bits per heavy atom. The largest absolute Gasteiger partial charge is 0.454 e. The molecule has 1 unspecified atom stereocenters. The molecule has 0 N–H and O–H groups in total. The molecule has 0 bridgehead atoms. The first kappa shape index (κ1) is 19.5. The third kappa shape index (κ3) is 3.06. The Balaban J connectivity index is 1.52. The lowest BCUT2D eigenvalue weighted by Gasteiger charge is -2.25. The Kier molecular flexibility index (Phi) is 4.23. The molecule has 3 heterocycles.